The Hall–Kier alpha value is -2.48. The van der Waals surface area contributed by atoms with Crippen molar-refractivity contribution in [2.45, 2.75) is 6.92 Å². The zero-order valence-corrected chi connectivity index (χ0v) is 15.5. The molecule has 0 fully saturated rings. The smallest absolute Gasteiger partial charge is 0.183 e. The van der Waals surface area contributed by atoms with Crippen LogP contribution in [0.4, 0.5) is 11.6 Å². The number of fused-ring (bicyclic) bond motifs is 1. The Bertz CT molecular complexity index is 1100. The van der Waals surface area contributed by atoms with Crippen molar-refractivity contribution in [1.29, 1.82) is 0 Å². The molecule has 0 bridgehead atoms. The molecule has 0 aliphatic carbocycles. The molecule has 4 rings (SSSR count). The summed E-state index contributed by atoms with van der Waals surface area (Å²) in [4.78, 5) is 24.3. The highest BCUT2D eigenvalue weighted by molar-refractivity contribution is 6.41. The molecule has 3 aromatic heterocycles. The lowest BCUT2D eigenvalue weighted by atomic mass is 10.2. The van der Waals surface area contributed by atoms with E-state index >= 15 is 0 Å². The largest absolute Gasteiger partial charge is 0.333 e. The zero-order chi connectivity index (χ0) is 18.3. The van der Waals surface area contributed by atoms with Gasteiger partial charge in [-0.15, -0.1) is 0 Å². The van der Waals surface area contributed by atoms with Gasteiger partial charge in [-0.2, -0.15) is 0 Å². The molecule has 0 saturated heterocycles. The first-order valence-electron chi connectivity index (χ1n) is 7.42. The predicted octanol–water partition coefficient (Wildman–Crippen LogP) is 4.82. The topological polar surface area (TPSA) is 92.3 Å². The second-order valence-corrected chi connectivity index (χ2v) is 6.67. The van der Waals surface area contributed by atoms with Crippen molar-refractivity contribution >= 4 is 57.6 Å². The Balaban J connectivity index is 1.81. The number of halogens is 3. The standard InChI is InChI=1S/C16H10Cl3N7/c1-7-2-11(21-5-20-7)24-15-13-16(23-6-22-15)26-14(25-13)12-9(18)3-8(17)4-10(12)19/h2-6H,1H3,(H2,20,21,22,23,24,25,26). The van der Waals surface area contributed by atoms with Gasteiger partial charge in [0.1, 0.15) is 29.8 Å². The van der Waals surface area contributed by atoms with Crippen molar-refractivity contribution in [1.82, 2.24) is 29.9 Å². The highest BCUT2D eigenvalue weighted by atomic mass is 35.5. The number of H-pyrrole nitrogens is 1. The Morgan fingerprint density at radius 1 is 0.923 bits per heavy atom. The van der Waals surface area contributed by atoms with E-state index < -0.39 is 0 Å². The molecule has 0 radical (unpaired) electrons. The summed E-state index contributed by atoms with van der Waals surface area (Å²) in [7, 11) is 0. The average molecular weight is 407 g/mol. The highest BCUT2D eigenvalue weighted by Gasteiger charge is 2.17. The molecule has 0 saturated carbocycles. The number of rotatable bonds is 3. The number of hydrogen-bond donors (Lipinski definition) is 2. The van der Waals surface area contributed by atoms with Crippen LogP contribution in [0, 0.1) is 6.92 Å². The van der Waals surface area contributed by atoms with Crippen LogP contribution in [0.25, 0.3) is 22.6 Å². The average Bonchev–Trinajstić information content (AvgIpc) is 2.98. The van der Waals surface area contributed by atoms with Crippen LogP contribution < -0.4 is 5.32 Å². The van der Waals surface area contributed by atoms with Crippen LogP contribution in [0.1, 0.15) is 5.69 Å². The number of aromatic amines is 1. The summed E-state index contributed by atoms with van der Waals surface area (Å²) in [5.41, 5.74) is 2.43. The quantitative estimate of drug-likeness (QED) is 0.506. The normalized spacial score (nSPS) is 11.1. The van der Waals surface area contributed by atoms with Crippen molar-refractivity contribution in [2.75, 3.05) is 5.32 Å². The van der Waals surface area contributed by atoms with Gasteiger partial charge in [-0.3, -0.25) is 0 Å². The Morgan fingerprint density at radius 3 is 2.38 bits per heavy atom. The summed E-state index contributed by atoms with van der Waals surface area (Å²) in [6.45, 7) is 1.88. The second-order valence-electron chi connectivity index (χ2n) is 5.42. The fourth-order valence-corrected chi connectivity index (χ4v) is 3.45. The molecular weight excluding hydrogens is 397 g/mol. The van der Waals surface area contributed by atoms with E-state index in [2.05, 4.69) is 35.2 Å². The third kappa shape index (κ3) is 3.16. The summed E-state index contributed by atoms with van der Waals surface area (Å²) in [5.74, 6) is 1.60. The first-order valence-corrected chi connectivity index (χ1v) is 8.56. The van der Waals surface area contributed by atoms with Crippen molar-refractivity contribution in [3.63, 3.8) is 0 Å². The maximum absolute atomic E-state index is 6.29. The minimum Gasteiger partial charge on any atom is -0.333 e. The van der Waals surface area contributed by atoms with Crippen molar-refractivity contribution in [3.05, 3.63) is 51.6 Å². The summed E-state index contributed by atoms with van der Waals surface area (Å²) in [6, 6.07) is 5.01. The summed E-state index contributed by atoms with van der Waals surface area (Å²) in [6.07, 6.45) is 2.89. The molecular formula is C16H10Cl3N7. The SMILES string of the molecule is Cc1cc(Nc2ncnc3nc(-c4c(Cl)cc(Cl)cc4Cl)[nH]c23)ncn1. The summed E-state index contributed by atoms with van der Waals surface area (Å²) < 4.78 is 0. The first kappa shape index (κ1) is 17.0. The molecule has 0 amide bonds. The van der Waals surface area contributed by atoms with Gasteiger partial charge in [-0.1, -0.05) is 34.8 Å². The molecule has 26 heavy (non-hydrogen) atoms. The molecule has 3 heterocycles. The van der Waals surface area contributed by atoms with Gasteiger partial charge >= 0.3 is 0 Å². The lowest BCUT2D eigenvalue weighted by molar-refractivity contribution is 1.10. The molecule has 10 heteroatoms. The monoisotopic (exact) mass is 405 g/mol. The van der Waals surface area contributed by atoms with E-state index in [0.717, 1.165) is 5.69 Å². The molecule has 0 atom stereocenters. The van der Waals surface area contributed by atoms with E-state index in [1.165, 1.54) is 12.7 Å². The van der Waals surface area contributed by atoms with E-state index in [1.54, 1.807) is 18.2 Å². The summed E-state index contributed by atoms with van der Waals surface area (Å²) >= 11 is 18.5. The van der Waals surface area contributed by atoms with Gasteiger partial charge in [-0.05, 0) is 19.1 Å². The molecule has 7 nitrogen and oxygen atoms in total. The molecule has 0 aliphatic heterocycles. The molecule has 4 aromatic rings. The number of anilines is 2. The number of hydrogen-bond acceptors (Lipinski definition) is 6. The van der Waals surface area contributed by atoms with Crippen LogP contribution in [0.3, 0.4) is 0 Å². The molecule has 0 spiro atoms. The third-order valence-electron chi connectivity index (χ3n) is 3.58. The van der Waals surface area contributed by atoms with E-state index in [0.29, 0.717) is 49.3 Å². The molecule has 1 aromatic carbocycles. The highest BCUT2D eigenvalue weighted by Crippen LogP contribution is 2.37. The minimum absolute atomic E-state index is 0.385. The zero-order valence-electron chi connectivity index (χ0n) is 13.3. The molecule has 130 valence electrons. The van der Waals surface area contributed by atoms with E-state index in [4.69, 9.17) is 34.8 Å². The van der Waals surface area contributed by atoms with E-state index in [9.17, 15) is 0 Å². The van der Waals surface area contributed by atoms with Gasteiger partial charge in [0.15, 0.2) is 11.5 Å². The van der Waals surface area contributed by atoms with Gasteiger partial charge in [0.05, 0.1) is 15.6 Å². The third-order valence-corrected chi connectivity index (χ3v) is 4.40. The number of imidazole rings is 1. The van der Waals surface area contributed by atoms with Crippen LogP contribution >= 0.6 is 34.8 Å². The minimum atomic E-state index is 0.385. The van der Waals surface area contributed by atoms with Gasteiger partial charge < -0.3 is 10.3 Å². The van der Waals surface area contributed by atoms with Crippen LogP contribution in [0.15, 0.2) is 30.9 Å². The van der Waals surface area contributed by atoms with Gasteiger partial charge in [0.25, 0.3) is 0 Å². The van der Waals surface area contributed by atoms with E-state index in [1.807, 2.05) is 6.92 Å². The van der Waals surface area contributed by atoms with Crippen molar-refractivity contribution in [2.24, 2.45) is 0 Å². The van der Waals surface area contributed by atoms with Crippen LogP contribution in [-0.4, -0.2) is 29.9 Å². The maximum atomic E-state index is 6.29. The predicted molar refractivity (Wildman–Crippen MR) is 102 cm³/mol. The Morgan fingerprint density at radius 2 is 1.65 bits per heavy atom. The summed E-state index contributed by atoms with van der Waals surface area (Å²) in [5, 5.41) is 4.35. The van der Waals surface area contributed by atoms with Crippen molar-refractivity contribution in [3.8, 4) is 11.4 Å². The number of nitrogens with one attached hydrogen (secondary N) is 2. The maximum Gasteiger partial charge on any atom is 0.183 e. The second kappa shape index (κ2) is 6.68. The number of benzene rings is 1. The van der Waals surface area contributed by atoms with Crippen LogP contribution in [0.2, 0.25) is 15.1 Å². The Labute approximate surface area is 162 Å². The number of aryl methyl sites for hydroxylation is 1. The lowest BCUT2D eigenvalue weighted by Gasteiger charge is -2.05. The van der Waals surface area contributed by atoms with Gasteiger partial charge in [-0.25, -0.2) is 24.9 Å². The van der Waals surface area contributed by atoms with Crippen molar-refractivity contribution < 1.29 is 0 Å². The molecule has 0 aliphatic rings. The van der Waals surface area contributed by atoms with E-state index in [-0.39, 0.29) is 0 Å². The molecule has 2 N–H and O–H groups in total. The lowest BCUT2D eigenvalue weighted by Crippen LogP contribution is -1.98. The fourth-order valence-electron chi connectivity index (χ4n) is 2.45. The van der Waals surface area contributed by atoms with Crippen LogP contribution in [0.5, 0.6) is 0 Å². The van der Waals surface area contributed by atoms with Gasteiger partial charge in [0, 0.05) is 16.8 Å². The molecule has 0 unspecified atom stereocenters. The van der Waals surface area contributed by atoms with Crippen LogP contribution in [-0.2, 0) is 0 Å². The van der Waals surface area contributed by atoms with Gasteiger partial charge in [0.2, 0.25) is 0 Å². The Kier molecular flexibility index (Phi) is 4.36. The number of aromatic nitrogens is 6. The first-order chi connectivity index (χ1) is 12.5. The fraction of sp³-hybridized carbons (Fsp3) is 0.0625. The number of nitrogens with zero attached hydrogens (tertiary/aromatic N) is 5.